The van der Waals surface area contributed by atoms with Gasteiger partial charge in [-0.15, -0.1) is 0 Å². The Balaban J connectivity index is 2.46. The highest BCUT2D eigenvalue weighted by atomic mass is 32.2. The molecule has 2 unspecified atom stereocenters. The maximum Gasteiger partial charge on any atom is 0.0362 e. The van der Waals surface area contributed by atoms with Crippen molar-refractivity contribution in [3.8, 4) is 0 Å². The molecule has 17 heavy (non-hydrogen) atoms. The predicted octanol–water partition coefficient (Wildman–Crippen LogP) is 1.46. The van der Waals surface area contributed by atoms with E-state index in [2.05, 4.69) is 31.0 Å². The van der Waals surface area contributed by atoms with E-state index in [0.29, 0.717) is 11.5 Å². The summed E-state index contributed by atoms with van der Waals surface area (Å²) in [5.74, 6) is 1.61. The van der Waals surface area contributed by atoms with Gasteiger partial charge in [-0.25, -0.2) is 0 Å². The third kappa shape index (κ3) is 5.49. The van der Waals surface area contributed by atoms with Gasteiger partial charge in [0.2, 0.25) is 0 Å². The van der Waals surface area contributed by atoms with Crippen LogP contribution in [0.2, 0.25) is 0 Å². The van der Waals surface area contributed by atoms with Crippen LogP contribution in [-0.4, -0.2) is 52.8 Å². The van der Waals surface area contributed by atoms with Crippen molar-refractivity contribution in [1.82, 2.24) is 10.2 Å². The molecule has 102 valence electrons. The molecule has 0 aliphatic carbocycles. The molecule has 1 fully saturated rings. The second-order valence-electron chi connectivity index (χ2n) is 5.96. The summed E-state index contributed by atoms with van der Waals surface area (Å²) < 4.78 is 11.5. The van der Waals surface area contributed by atoms with Gasteiger partial charge in [0.05, 0.1) is 0 Å². The third-order valence-electron chi connectivity index (χ3n) is 3.49. The Hall–Kier alpha value is 0.0700. The summed E-state index contributed by atoms with van der Waals surface area (Å²) in [6.07, 6.45) is 1.20. The van der Waals surface area contributed by atoms with Crippen LogP contribution in [0.25, 0.3) is 0 Å². The van der Waals surface area contributed by atoms with Crippen molar-refractivity contribution < 1.29 is 4.21 Å². The van der Waals surface area contributed by atoms with Gasteiger partial charge in [0.15, 0.2) is 0 Å². The number of nitrogens with one attached hydrogen (secondary N) is 1. The number of hydrogen-bond donors (Lipinski definition) is 1. The average Bonchev–Trinajstić information content (AvgIpc) is 2.50. The first kappa shape index (κ1) is 15.1. The van der Waals surface area contributed by atoms with Crippen molar-refractivity contribution in [2.75, 3.05) is 37.7 Å². The van der Waals surface area contributed by atoms with E-state index >= 15 is 0 Å². The van der Waals surface area contributed by atoms with Crippen LogP contribution in [0.15, 0.2) is 0 Å². The summed E-state index contributed by atoms with van der Waals surface area (Å²) in [6, 6.07) is 0.542. The SMILES string of the molecule is CCS(=O)CCN1CCCNC(C(C)(C)C)C1. The van der Waals surface area contributed by atoms with Gasteiger partial charge >= 0.3 is 0 Å². The van der Waals surface area contributed by atoms with Crippen molar-refractivity contribution in [2.45, 2.75) is 40.2 Å². The van der Waals surface area contributed by atoms with E-state index in [0.717, 1.165) is 37.7 Å². The summed E-state index contributed by atoms with van der Waals surface area (Å²) in [7, 11) is -0.629. The zero-order chi connectivity index (χ0) is 12.9. The molecule has 4 heteroatoms. The molecule has 0 amide bonds. The Morgan fingerprint density at radius 1 is 1.41 bits per heavy atom. The minimum Gasteiger partial charge on any atom is -0.312 e. The molecular weight excluding hydrogens is 232 g/mol. The van der Waals surface area contributed by atoms with Crippen molar-refractivity contribution in [3.05, 3.63) is 0 Å². The fraction of sp³-hybridized carbons (Fsp3) is 1.00. The van der Waals surface area contributed by atoms with Crippen molar-refractivity contribution in [1.29, 1.82) is 0 Å². The zero-order valence-corrected chi connectivity index (χ0v) is 12.6. The Morgan fingerprint density at radius 2 is 2.12 bits per heavy atom. The molecule has 0 bridgehead atoms. The van der Waals surface area contributed by atoms with E-state index < -0.39 is 10.8 Å². The Labute approximate surface area is 109 Å². The summed E-state index contributed by atoms with van der Waals surface area (Å²) >= 11 is 0. The predicted molar refractivity (Wildman–Crippen MR) is 75.9 cm³/mol. The third-order valence-corrected chi connectivity index (χ3v) is 4.77. The van der Waals surface area contributed by atoms with E-state index in [1.165, 1.54) is 6.42 Å². The first-order chi connectivity index (χ1) is 7.93. The molecule has 0 aromatic carbocycles. The van der Waals surface area contributed by atoms with Gasteiger partial charge < -0.3 is 10.2 Å². The first-order valence-electron chi connectivity index (χ1n) is 6.74. The lowest BCUT2D eigenvalue weighted by atomic mass is 9.86. The van der Waals surface area contributed by atoms with E-state index in [4.69, 9.17) is 0 Å². The van der Waals surface area contributed by atoms with Gasteiger partial charge in [-0.05, 0) is 24.9 Å². The molecule has 0 radical (unpaired) electrons. The van der Waals surface area contributed by atoms with Gasteiger partial charge in [-0.1, -0.05) is 27.7 Å². The standard InChI is InChI=1S/C13H28N2OS/c1-5-17(16)10-9-15-8-6-7-14-12(11-15)13(2,3)4/h12,14H,5-11H2,1-4H3. The molecule has 1 heterocycles. The molecule has 1 aliphatic rings. The van der Waals surface area contributed by atoms with Gasteiger partial charge in [-0.3, -0.25) is 4.21 Å². The van der Waals surface area contributed by atoms with E-state index in [1.807, 2.05) is 6.92 Å². The summed E-state index contributed by atoms with van der Waals surface area (Å²) in [5, 5.41) is 3.64. The van der Waals surface area contributed by atoms with Crippen molar-refractivity contribution in [2.24, 2.45) is 5.41 Å². The van der Waals surface area contributed by atoms with Crippen molar-refractivity contribution in [3.63, 3.8) is 0 Å². The number of rotatable bonds is 4. The first-order valence-corrected chi connectivity index (χ1v) is 8.23. The van der Waals surface area contributed by atoms with Gasteiger partial charge in [0.1, 0.15) is 0 Å². The number of nitrogens with zero attached hydrogens (tertiary/aromatic N) is 1. The lowest BCUT2D eigenvalue weighted by Crippen LogP contribution is -2.46. The average molecular weight is 260 g/mol. The molecule has 1 saturated heterocycles. The highest BCUT2D eigenvalue weighted by Gasteiger charge is 2.27. The molecule has 1 aliphatic heterocycles. The van der Waals surface area contributed by atoms with Crippen LogP contribution in [0.3, 0.4) is 0 Å². The van der Waals surface area contributed by atoms with Crippen LogP contribution in [0.5, 0.6) is 0 Å². The molecule has 0 spiro atoms. The number of hydrogen-bond acceptors (Lipinski definition) is 3. The zero-order valence-electron chi connectivity index (χ0n) is 11.8. The molecule has 0 aromatic rings. The topological polar surface area (TPSA) is 32.3 Å². The molecule has 3 nitrogen and oxygen atoms in total. The summed E-state index contributed by atoms with van der Waals surface area (Å²) in [5.41, 5.74) is 0.298. The summed E-state index contributed by atoms with van der Waals surface area (Å²) in [6.45, 7) is 13.2. The monoisotopic (exact) mass is 260 g/mol. The lowest BCUT2D eigenvalue weighted by Gasteiger charge is -2.33. The van der Waals surface area contributed by atoms with Crippen LogP contribution >= 0.6 is 0 Å². The van der Waals surface area contributed by atoms with Gasteiger partial charge in [0.25, 0.3) is 0 Å². The van der Waals surface area contributed by atoms with Crippen LogP contribution in [-0.2, 0) is 10.8 Å². The van der Waals surface area contributed by atoms with Crippen molar-refractivity contribution >= 4 is 10.8 Å². The summed E-state index contributed by atoms with van der Waals surface area (Å²) in [4.78, 5) is 2.48. The highest BCUT2D eigenvalue weighted by molar-refractivity contribution is 7.84. The normalized spacial score (nSPS) is 25.5. The molecule has 1 N–H and O–H groups in total. The van der Waals surface area contributed by atoms with E-state index in [9.17, 15) is 4.21 Å². The quantitative estimate of drug-likeness (QED) is 0.831. The second-order valence-corrected chi connectivity index (χ2v) is 7.82. The molecule has 0 aromatic heterocycles. The Morgan fingerprint density at radius 3 is 2.71 bits per heavy atom. The maximum absolute atomic E-state index is 11.5. The van der Waals surface area contributed by atoms with E-state index in [-0.39, 0.29) is 0 Å². The minimum absolute atomic E-state index is 0.298. The molecule has 1 rings (SSSR count). The Bertz CT molecular complexity index is 250. The lowest BCUT2D eigenvalue weighted by molar-refractivity contribution is 0.204. The fourth-order valence-corrected chi connectivity index (χ4v) is 2.90. The fourth-order valence-electron chi connectivity index (χ4n) is 2.15. The van der Waals surface area contributed by atoms with Crippen LogP contribution in [0, 0.1) is 5.41 Å². The van der Waals surface area contributed by atoms with Crippen LogP contribution < -0.4 is 5.32 Å². The smallest absolute Gasteiger partial charge is 0.0362 e. The highest BCUT2D eigenvalue weighted by Crippen LogP contribution is 2.21. The second kappa shape index (κ2) is 6.86. The molecular formula is C13H28N2OS. The van der Waals surface area contributed by atoms with Crippen LogP contribution in [0.4, 0.5) is 0 Å². The minimum atomic E-state index is -0.629. The Kier molecular flexibility index (Phi) is 6.10. The largest absolute Gasteiger partial charge is 0.312 e. The molecule has 0 saturated carbocycles. The molecule has 2 atom stereocenters. The van der Waals surface area contributed by atoms with Gasteiger partial charge in [-0.2, -0.15) is 0 Å². The van der Waals surface area contributed by atoms with Crippen LogP contribution in [0.1, 0.15) is 34.1 Å². The maximum atomic E-state index is 11.5. The van der Waals surface area contributed by atoms with Gasteiger partial charge in [0, 0.05) is 41.4 Å². The van der Waals surface area contributed by atoms with E-state index in [1.54, 1.807) is 0 Å².